The van der Waals surface area contributed by atoms with E-state index in [4.69, 9.17) is 17.3 Å². The Balaban J connectivity index is 0.00000128. The molecule has 1 aromatic carbocycles. The summed E-state index contributed by atoms with van der Waals surface area (Å²) < 4.78 is 8.17. The number of aromatic nitrogens is 2. The van der Waals surface area contributed by atoms with Gasteiger partial charge in [0.2, 0.25) is 0 Å². The lowest BCUT2D eigenvalue weighted by atomic mass is 10.3. The van der Waals surface area contributed by atoms with Gasteiger partial charge < -0.3 is 29.7 Å². The first-order valence-corrected chi connectivity index (χ1v) is 6.34. The van der Waals surface area contributed by atoms with Crippen molar-refractivity contribution in [3.05, 3.63) is 17.2 Å². The van der Waals surface area contributed by atoms with Crippen LogP contribution in [0, 0.1) is 0 Å². The molecule has 1 heterocycles. The van der Waals surface area contributed by atoms with Crippen molar-refractivity contribution in [2.75, 3.05) is 6.26 Å². The third kappa shape index (κ3) is 2.76. The van der Waals surface area contributed by atoms with Crippen LogP contribution in [0.5, 0.6) is 0 Å². The van der Waals surface area contributed by atoms with Crippen LogP contribution in [-0.4, -0.2) is 20.2 Å². The molecule has 0 atom stereocenters. The number of benzene rings is 1. The molecule has 16 heavy (non-hydrogen) atoms. The zero-order chi connectivity index (χ0) is 10.8. The van der Waals surface area contributed by atoms with Crippen LogP contribution in [-0.2, 0) is 0 Å². The summed E-state index contributed by atoms with van der Waals surface area (Å²) in [5, 5.41) is 0.970. The number of halogens is 2. The molecule has 0 bridgehead atoms. The molecule has 86 valence electrons. The molecule has 2 rings (SSSR count). The van der Waals surface area contributed by atoms with E-state index in [0.29, 0.717) is 21.4 Å². The first kappa shape index (κ1) is 13.9. The van der Waals surface area contributed by atoms with Crippen LogP contribution in [0.2, 0.25) is 5.02 Å². The van der Waals surface area contributed by atoms with Crippen LogP contribution in [0.4, 0.5) is 5.69 Å². The van der Waals surface area contributed by atoms with E-state index in [-0.39, 0.29) is 25.4 Å². The molecular weight excluding hydrogens is 379 g/mol. The number of thioether (sulfide) groups is 1. The van der Waals surface area contributed by atoms with E-state index in [9.17, 15) is 0 Å². The molecule has 8 heteroatoms. The van der Waals surface area contributed by atoms with Crippen LogP contribution in [0.3, 0.4) is 0 Å². The van der Waals surface area contributed by atoms with Crippen molar-refractivity contribution >= 4 is 57.0 Å². The molecule has 4 nitrogen and oxygen atoms in total. The van der Waals surface area contributed by atoms with Crippen LogP contribution >= 0.6 is 35.1 Å². The number of hydrogen-bond acceptors (Lipinski definition) is 5. The zero-order valence-electron chi connectivity index (χ0n) is 9.15. The van der Waals surface area contributed by atoms with Crippen LogP contribution in [0.25, 0.3) is 11.0 Å². The van der Waals surface area contributed by atoms with Crippen molar-refractivity contribution in [3.63, 3.8) is 0 Å². The van der Waals surface area contributed by atoms with Gasteiger partial charge in [0.1, 0.15) is 11.0 Å². The summed E-state index contributed by atoms with van der Waals surface area (Å²) in [5.41, 5.74) is 7.70. The standard InChI is InChI=1S/C8H7ClN4S2.HI/c1-14-8(10)11-4-2-3-5-7(6(4)9)13-15-12-5;/h2-3H,1H3,(H2,10,11);1H. The minimum atomic E-state index is 0. The van der Waals surface area contributed by atoms with Gasteiger partial charge in [0.25, 0.3) is 0 Å². The molecule has 1 aromatic heterocycles. The molecule has 0 saturated carbocycles. The van der Waals surface area contributed by atoms with Gasteiger partial charge in [-0.25, -0.2) is 4.99 Å². The maximum atomic E-state index is 6.12. The fourth-order valence-electron chi connectivity index (χ4n) is 1.06. The first-order chi connectivity index (χ1) is 7.22. The maximum absolute atomic E-state index is 6.12. The first-order valence-electron chi connectivity index (χ1n) is 4.01. The van der Waals surface area contributed by atoms with E-state index in [2.05, 4.69) is 13.7 Å². The van der Waals surface area contributed by atoms with Crippen molar-refractivity contribution in [2.45, 2.75) is 0 Å². The molecule has 0 aliphatic heterocycles. The second-order valence-corrected chi connectivity index (χ2v) is 4.42. The number of fused-ring (bicyclic) bond motifs is 1. The van der Waals surface area contributed by atoms with Crippen molar-refractivity contribution in [2.24, 2.45) is 10.7 Å². The summed E-state index contributed by atoms with van der Waals surface area (Å²) >= 11 is 8.62. The highest BCUT2D eigenvalue weighted by molar-refractivity contribution is 8.13. The van der Waals surface area contributed by atoms with Gasteiger partial charge >= 0.3 is 1.43 Å². The predicted molar refractivity (Wildman–Crippen MR) is 68.3 cm³/mol. The van der Waals surface area contributed by atoms with Crippen LogP contribution in [0.1, 0.15) is 1.43 Å². The summed E-state index contributed by atoms with van der Waals surface area (Å²) in [7, 11) is 0. The van der Waals surface area contributed by atoms with Gasteiger partial charge in [-0.05, 0) is 18.4 Å². The minimum absolute atomic E-state index is 0. The fraction of sp³-hybridized carbons (Fsp3) is 0.125. The highest BCUT2D eigenvalue weighted by Gasteiger charge is 2.08. The Labute approximate surface area is 124 Å². The number of aliphatic imine (C=N–C) groups is 1. The van der Waals surface area contributed by atoms with Crippen LogP contribution < -0.4 is 29.7 Å². The maximum Gasteiger partial charge on any atom is 1.00 e. The Kier molecular flexibility index (Phi) is 5.22. The summed E-state index contributed by atoms with van der Waals surface area (Å²) in [5.74, 6) is 0. The van der Waals surface area contributed by atoms with Gasteiger partial charge in [-0.2, -0.15) is 8.75 Å². The largest absolute Gasteiger partial charge is 1.00 e. The Morgan fingerprint density at radius 1 is 1.56 bits per heavy atom. The van der Waals surface area contributed by atoms with Gasteiger partial charge in [0.05, 0.1) is 22.4 Å². The van der Waals surface area contributed by atoms with Crippen molar-refractivity contribution in [1.82, 2.24) is 8.75 Å². The average molecular weight is 387 g/mol. The number of rotatable bonds is 1. The van der Waals surface area contributed by atoms with E-state index in [0.717, 1.165) is 17.2 Å². The Morgan fingerprint density at radius 2 is 2.31 bits per heavy atom. The predicted octanol–water partition coefficient (Wildman–Crippen LogP) is -0.230. The van der Waals surface area contributed by atoms with Crippen LogP contribution in [0.15, 0.2) is 17.1 Å². The molecule has 0 aliphatic rings. The second-order valence-electron chi connectivity index (χ2n) is 2.68. The lowest BCUT2D eigenvalue weighted by Gasteiger charge is -1.99. The fourth-order valence-corrected chi connectivity index (χ4v) is 2.09. The average Bonchev–Trinajstić information content (AvgIpc) is 2.70. The normalized spacial score (nSPS) is 11.5. The summed E-state index contributed by atoms with van der Waals surface area (Å²) in [4.78, 5) is 4.17. The zero-order valence-corrected chi connectivity index (χ0v) is 12.7. The van der Waals surface area contributed by atoms with E-state index < -0.39 is 0 Å². The van der Waals surface area contributed by atoms with Gasteiger partial charge in [0, 0.05) is 0 Å². The molecule has 2 N–H and O–H groups in total. The highest BCUT2D eigenvalue weighted by Crippen LogP contribution is 2.32. The molecule has 0 amide bonds. The van der Waals surface area contributed by atoms with Crippen molar-refractivity contribution < 1.29 is 25.4 Å². The van der Waals surface area contributed by atoms with Crippen molar-refractivity contribution in [1.29, 1.82) is 0 Å². The quantitative estimate of drug-likeness (QED) is 0.418. The molecule has 0 aliphatic carbocycles. The smallest absolute Gasteiger partial charge is 1.00 e. The number of hydrogen-bond donors (Lipinski definition) is 1. The number of amidine groups is 1. The Morgan fingerprint density at radius 3 is 3.00 bits per heavy atom. The monoisotopic (exact) mass is 386 g/mol. The molecule has 0 spiro atoms. The number of nitrogens with zero attached hydrogens (tertiary/aromatic N) is 3. The van der Waals surface area contributed by atoms with Crippen molar-refractivity contribution in [3.8, 4) is 0 Å². The molecule has 0 fully saturated rings. The summed E-state index contributed by atoms with van der Waals surface area (Å²) in [6.45, 7) is 0. The van der Waals surface area contributed by atoms with Gasteiger partial charge in [-0.15, -0.1) is 0 Å². The molecular formula is C8H8ClIN4S2. The molecule has 0 saturated heterocycles. The molecule has 0 radical (unpaired) electrons. The lowest BCUT2D eigenvalue weighted by Crippen LogP contribution is -3.00. The second kappa shape index (κ2) is 5.99. The van der Waals surface area contributed by atoms with Gasteiger partial charge in [-0.1, -0.05) is 23.4 Å². The van der Waals surface area contributed by atoms with E-state index in [1.807, 2.05) is 12.3 Å². The lowest BCUT2D eigenvalue weighted by molar-refractivity contribution is -0.00000315. The highest BCUT2D eigenvalue weighted by atomic mass is 127. The van der Waals surface area contributed by atoms with Gasteiger partial charge in [0.15, 0.2) is 5.17 Å². The SMILES string of the molecule is CSC(N)=Nc1ccc2nsnc2c1Cl.[H+].[I-]. The molecule has 2 aromatic rings. The Hall–Kier alpha value is -0.120. The third-order valence-electron chi connectivity index (χ3n) is 1.79. The third-order valence-corrected chi connectivity index (χ3v) is 3.21. The minimum Gasteiger partial charge on any atom is -1.00 e. The van der Waals surface area contributed by atoms with E-state index in [1.54, 1.807) is 6.07 Å². The topological polar surface area (TPSA) is 64.2 Å². The van der Waals surface area contributed by atoms with Gasteiger partial charge in [-0.3, -0.25) is 0 Å². The van der Waals surface area contributed by atoms with E-state index in [1.165, 1.54) is 11.8 Å². The Bertz CT molecular complexity index is 533. The van der Waals surface area contributed by atoms with E-state index >= 15 is 0 Å². The molecule has 0 unspecified atom stereocenters. The summed E-state index contributed by atoms with van der Waals surface area (Å²) in [6, 6.07) is 3.62. The summed E-state index contributed by atoms with van der Waals surface area (Å²) in [6.07, 6.45) is 1.86. The number of nitrogens with two attached hydrogens (primary N) is 1.